The molecule has 3 heterocycles. The number of anilines is 2. The number of nitrogens with one attached hydrogen (secondary N) is 1. The van der Waals surface area contributed by atoms with E-state index in [0.717, 1.165) is 11.1 Å². The first-order chi connectivity index (χ1) is 15.9. The number of nitrogen functional groups attached to an aromatic ring is 1. The average molecular weight is 457 g/mol. The maximum atomic E-state index is 10.7. The summed E-state index contributed by atoms with van der Waals surface area (Å²) in [4.78, 5) is 23.3. The van der Waals surface area contributed by atoms with Crippen molar-refractivity contribution in [1.82, 2.24) is 19.5 Å². The van der Waals surface area contributed by atoms with E-state index in [1.165, 1.54) is 17.1 Å². The van der Waals surface area contributed by atoms with Crippen LogP contribution < -0.4 is 11.2 Å². The van der Waals surface area contributed by atoms with Crippen LogP contribution in [0.4, 0.5) is 11.8 Å². The molecule has 0 bridgehead atoms. The highest BCUT2D eigenvalue weighted by atomic mass is 16.6. The summed E-state index contributed by atoms with van der Waals surface area (Å²) in [5.41, 5.74) is 10.9. The third-order valence-corrected chi connectivity index (χ3v) is 5.23. The Hall–Kier alpha value is -3.65. The number of rotatable bonds is 8. The molecule has 1 aliphatic heterocycles. The van der Waals surface area contributed by atoms with Gasteiger partial charge in [-0.1, -0.05) is 24.3 Å². The first-order valence-corrected chi connectivity index (χ1v) is 10.1. The van der Waals surface area contributed by atoms with Crippen molar-refractivity contribution in [2.75, 3.05) is 17.8 Å². The van der Waals surface area contributed by atoms with Gasteiger partial charge >= 0.3 is 5.97 Å². The fourth-order valence-corrected chi connectivity index (χ4v) is 3.47. The van der Waals surface area contributed by atoms with E-state index in [1.807, 2.05) is 12.1 Å². The monoisotopic (exact) mass is 457 g/mol. The number of imidazole rings is 1. The summed E-state index contributed by atoms with van der Waals surface area (Å²) in [6, 6.07) is 7.25. The van der Waals surface area contributed by atoms with Crippen LogP contribution in [-0.2, 0) is 16.0 Å². The Morgan fingerprint density at radius 3 is 2.67 bits per heavy atom. The molecule has 174 valence electrons. The van der Waals surface area contributed by atoms with Gasteiger partial charge in [0.15, 0.2) is 17.7 Å². The Balaban J connectivity index is 1.50. The van der Waals surface area contributed by atoms with E-state index in [4.69, 9.17) is 15.6 Å². The van der Waals surface area contributed by atoms with E-state index in [9.17, 15) is 20.1 Å². The third-order valence-electron chi connectivity index (χ3n) is 5.23. The van der Waals surface area contributed by atoms with Crippen LogP contribution in [0.3, 0.4) is 0 Å². The van der Waals surface area contributed by atoms with Gasteiger partial charge in [0.05, 0.1) is 19.1 Å². The molecular weight excluding hydrogens is 434 g/mol. The summed E-state index contributed by atoms with van der Waals surface area (Å²) >= 11 is 0. The second kappa shape index (κ2) is 9.46. The van der Waals surface area contributed by atoms with Gasteiger partial charge in [0.25, 0.3) is 0 Å². The maximum absolute atomic E-state index is 10.7. The molecule has 1 aliphatic rings. The minimum atomic E-state index is -1.30. The van der Waals surface area contributed by atoms with Crippen LogP contribution in [0.1, 0.15) is 23.8 Å². The molecule has 1 fully saturated rings. The van der Waals surface area contributed by atoms with Crippen LogP contribution in [0.2, 0.25) is 0 Å². The summed E-state index contributed by atoms with van der Waals surface area (Å²) < 4.78 is 6.94. The number of aliphatic carboxylic acids is 1. The quantitative estimate of drug-likeness (QED) is 0.188. The number of hydrogen-bond donors (Lipinski definition) is 6. The number of hydrazone groups is 1. The molecule has 7 N–H and O–H groups in total. The molecule has 1 unspecified atom stereocenters. The number of nitrogens with two attached hydrogens (primary N) is 1. The van der Waals surface area contributed by atoms with Gasteiger partial charge in [-0.3, -0.25) is 9.36 Å². The number of aliphatic hydroxyl groups excluding tert-OH is 3. The number of aryl methyl sites for hydroxylation is 1. The molecule has 0 amide bonds. The lowest BCUT2D eigenvalue weighted by Gasteiger charge is -2.16. The molecule has 4 rings (SSSR count). The number of carbonyl (C=O) groups is 1. The van der Waals surface area contributed by atoms with E-state index in [0.29, 0.717) is 6.42 Å². The smallest absolute Gasteiger partial charge is 0.303 e. The number of hydrogen-bond acceptors (Lipinski definition) is 11. The zero-order valence-corrected chi connectivity index (χ0v) is 17.3. The molecule has 2 aromatic heterocycles. The fraction of sp³-hybridized carbons (Fsp3) is 0.350. The third kappa shape index (κ3) is 4.75. The minimum Gasteiger partial charge on any atom is -0.481 e. The molecule has 3 aromatic rings. The van der Waals surface area contributed by atoms with E-state index in [2.05, 4.69) is 25.5 Å². The van der Waals surface area contributed by atoms with Gasteiger partial charge in [-0.05, 0) is 17.5 Å². The molecule has 13 heteroatoms. The van der Waals surface area contributed by atoms with Gasteiger partial charge in [-0.15, -0.1) is 0 Å². The summed E-state index contributed by atoms with van der Waals surface area (Å²) in [6.45, 7) is -0.458. The molecular formula is C20H23N7O6. The van der Waals surface area contributed by atoms with Gasteiger partial charge in [-0.25, -0.2) is 10.4 Å². The van der Waals surface area contributed by atoms with Crippen molar-refractivity contribution in [3.05, 3.63) is 41.7 Å². The van der Waals surface area contributed by atoms with E-state index >= 15 is 0 Å². The van der Waals surface area contributed by atoms with Crippen LogP contribution in [0.15, 0.2) is 35.7 Å². The fourth-order valence-electron chi connectivity index (χ4n) is 3.47. The maximum Gasteiger partial charge on any atom is 0.303 e. The number of benzene rings is 1. The molecule has 1 aromatic carbocycles. The number of aromatic nitrogens is 4. The molecule has 13 nitrogen and oxygen atoms in total. The summed E-state index contributed by atoms with van der Waals surface area (Å²) in [5.74, 6) is -0.699. The van der Waals surface area contributed by atoms with Crippen molar-refractivity contribution in [1.29, 1.82) is 0 Å². The van der Waals surface area contributed by atoms with Gasteiger partial charge < -0.3 is 30.9 Å². The first kappa shape index (κ1) is 22.5. The predicted molar refractivity (Wildman–Crippen MR) is 116 cm³/mol. The molecule has 1 saturated heterocycles. The number of carboxylic acid groups (broad SMARTS) is 1. The summed E-state index contributed by atoms with van der Waals surface area (Å²) in [7, 11) is 0. The molecule has 0 spiro atoms. The second-order valence-electron chi connectivity index (χ2n) is 7.49. The molecule has 0 aliphatic carbocycles. The summed E-state index contributed by atoms with van der Waals surface area (Å²) in [5, 5.41) is 42.5. The number of ether oxygens (including phenoxy) is 1. The van der Waals surface area contributed by atoms with Crippen molar-refractivity contribution in [3.63, 3.8) is 0 Å². The van der Waals surface area contributed by atoms with Crippen molar-refractivity contribution >= 4 is 35.1 Å². The second-order valence-corrected chi connectivity index (χ2v) is 7.49. The van der Waals surface area contributed by atoms with E-state index in [1.54, 1.807) is 12.1 Å². The van der Waals surface area contributed by atoms with Gasteiger partial charge in [0, 0.05) is 6.42 Å². The van der Waals surface area contributed by atoms with Crippen molar-refractivity contribution in [3.8, 4) is 0 Å². The van der Waals surface area contributed by atoms with Crippen molar-refractivity contribution in [2.24, 2.45) is 5.10 Å². The molecule has 33 heavy (non-hydrogen) atoms. The number of aliphatic hydroxyl groups is 3. The van der Waals surface area contributed by atoms with Gasteiger partial charge in [-0.2, -0.15) is 15.1 Å². The van der Waals surface area contributed by atoms with Crippen LogP contribution >= 0.6 is 0 Å². The highest BCUT2D eigenvalue weighted by molar-refractivity contribution is 5.83. The Labute approximate surface area is 187 Å². The largest absolute Gasteiger partial charge is 0.481 e. The van der Waals surface area contributed by atoms with Crippen molar-refractivity contribution in [2.45, 2.75) is 37.4 Å². The predicted octanol–water partition coefficient (Wildman–Crippen LogP) is -0.517. The lowest BCUT2D eigenvalue weighted by atomic mass is 10.1. The van der Waals surface area contributed by atoms with Crippen LogP contribution in [0.25, 0.3) is 11.2 Å². The Morgan fingerprint density at radius 2 is 2.00 bits per heavy atom. The lowest BCUT2D eigenvalue weighted by molar-refractivity contribution is -0.136. The van der Waals surface area contributed by atoms with E-state index in [-0.39, 0.29) is 29.4 Å². The molecule has 0 saturated carbocycles. The zero-order valence-electron chi connectivity index (χ0n) is 17.3. The summed E-state index contributed by atoms with van der Waals surface area (Å²) in [6.07, 6.45) is -1.13. The van der Waals surface area contributed by atoms with Crippen LogP contribution in [0.5, 0.6) is 0 Å². The first-order valence-electron chi connectivity index (χ1n) is 10.1. The Morgan fingerprint density at radius 1 is 1.24 bits per heavy atom. The highest BCUT2D eigenvalue weighted by Gasteiger charge is 2.44. The van der Waals surface area contributed by atoms with Gasteiger partial charge in [0.2, 0.25) is 5.95 Å². The zero-order chi connectivity index (χ0) is 23.5. The number of nitrogens with zero attached hydrogens (tertiary/aromatic N) is 5. The standard InChI is InChI=1S/C20H23N7O6/c21-17-14-18(27(9-22-14)19-16(32)15(31)12(8-28)33-19)25-20(24-17)26-23-7-11-3-1-10(2-4-11)5-6-13(29)30/h1-4,7,9,12,15-16,19,28,31-32H,5-6,8H2,(H,29,30)(H3,21,24,25,26)/b23-7+/t12-,15-,16-,19?/m1/s1. The minimum absolute atomic E-state index is 0.0648. The Bertz CT molecular complexity index is 1170. The lowest BCUT2D eigenvalue weighted by Crippen LogP contribution is -2.33. The molecule has 4 atom stereocenters. The average Bonchev–Trinajstić information content (AvgIpc) is 3.34. The Kier molecular flexibility index (Phi) is 6.46. The number of fused-ring (bicyclic) bond motifs is 1. The van der Waals surface area contributed by atoms with Crippen LogP contribution in [0, 0.1) is 0 Å². The van der Waals surface area contributed by atoms with E-state index < -0.39 is 37.1 Å². The number of carboxylic acids is 1. The highest BCUT2D eigenvalue weighted by Crippen LogP contribution is 2.32. The van der Waals surface area contributed by atoms with Crippen LogP contribution in [-0.4, -0.2) is 77.0 Å². The molecule has 0 radical (unpaired) electrons. The SMILES string of the molecule is Nc1nc(N/N=C/c2ccc(CCC(=O)O)cc2)nc2c1ncn2C1O[C@H](CO)[C@@H](O)[C@H]1O. The van der Waals surface area contributed by atoms with Crippen molar-refractivity contribution < 1.29 is 30.0 Å². The topological polar surface area (TPSA) is 201 Å². The van der Waals surface area contributed by atoms with Gasteiger partial charge in [0.1, 0.15) is 23.8 Å². The normalized spacial score (nSPS) is 22.9.